The van der Waals surface area contributed by atoms with E-state index in [1.165, 1.54) is 0 Å². The van der Waals surface area contributed by atoms with Crippen LogP contribution in [-0.2, 0) is 16.6 Å². The van der Waals surface area contributed by atoms with Gasteiger partial charge in [-0.1, -0.05) is 23.7 Å². The minimum absolute atomic E-state index is 0.0603. The quantitative estimate of drug-likeness (QED) is 0.887. The Morgan fingerprint density at radius 2 is 1.95 bits per heavy atom. The molecule has 2 N–H and O–H groups in total. The fraction of sp³-hybridized carbons (Fsp3) is 0.0769. The van der Waals surface area contributed by atoms with Crippen LogP contribution >= 0.6 is 11.6 Å². The zero-order chi connectivity index (χ0) is 15.5. The number of nitrogens with zero attached hydrogens (tertiary/aromatic N) is 1. The summed E-state index contributed by atoms with van der Waals surface area (Å²) in [5.41, 5.74) is 0.643. The fourth-order valence-corrected chi connectivity index (χ4v) is 2.80. The Kier molecular flexibility index (Phi) is 4.43. The first kappa shape index (κ1) is 15.3. The Hall–Kier alpha value is -2.14. The number of aromatic nitrogens is 1. The lowest BCUT2D eigenvalue weighted by Gasteiger charge is -2.07. The molecule has 8 heteroatoms. The van der Waals surface area contributed by atoms with Crippen LogP contribution in [0.5, 0.6) is 0 Å². The maximum absolute atomic E-state index is 12.0. The molecule has 2 aromatic rings. The van der Waals surface area contributed by atoms with E-state index in [0.717, 1.165) is 12.3 Å². The van der Waals surface area contributed by atoms with Gasteiger partial charge in [-0.3, -0.25) is 4.79 Å². The van der Waals surface area contributed by atoms with Gasteiger partial charge in [-0.2, -0.15) is 5.26 Å². The summed E-state index contributed by atoms with van der Waals surface area (Å²) in [6, 6.07) is 9.56. The number of sulfonamides is 1. The third-order valence-corrected chi connectivity index (χ3v) is 4.35. The highest BCUT2D eigenvalue weighted by Crippen LogP contribution is 2.11. The molecule has 0 spiro atoms. The Morgan fingerprint density at radius 3 is 2.52 bits per heavy atom. The number of hydrogen-bond acceptors (Lipinski definition) is 4. The maximum Gasteiger partial charge on any atom is 0.266 e. The summed E-state index contributed by atoms with van der Waals surface area (Å²) in [4.78, 5) is 13.2. The predicted octanol–water partition coefficient (Wildman–Crippen LogP) is 1.38. The molecule has 0 amide bonds. The number of nitriles is 1. The molecule has 1 heterocycles. The molecule has 6 nitrogen and oxygen atoms in total. The third-order valence-electron chi connectivity index (χ3n) is 2.69. The van der Waals surface area contributed by atoms with Crippen molar-refractivity contribution >= 4 is 21.6 Å². The van der Waals surface area contributed by atoms with E-state index in [4.69, 9.17) is 16.9 Å². The topological polar surface area (TPSA) is 103 Å². The summed E-state index contributed by atoms with van der Waals surface area (Å²) in [5, 5.41) is 8.48. The van der Waals surface area contributed by atoms with Crippen LogP contribution in [0.15, 0.2) is 46.2 Å². The molecule has 0 fully saturated rings. The number of H-pyrrole nitrogens is 1. The molecule has 108 valence electrons. The van der Waals surface area contributed by atoms with Crippen LogP contribution in [0.1, 0.15) is 11.1 Å². The number of hydrogen-bond donors (Lipinski definition) is 2. The first-order valence-corrected chi connectivity index (χ1v) is 7.65. The summed E-state index contributed by atoms with van der Waals surface area (Å²) in [6.07, 6.45) is 1.08. The lowest BCUT2D eigenvalue weighted by atomic mass is 10.1. The van der Waals surface area contributed by atoms with Gasteiger partial charge in [-0.05, 0) is 23.8 Å². The molecule has 0 radical (unpaired) electrons. The molecule has 1 aromatic carbocycles. The minimum atomic E-state index is -3.78. The average Bonchev–Trinajstić information content (AvgIpc) is 2.48. The number of aromatic amines is 1. The van der Waals surface area contributed by atoms with E-state index >= 15 is 0 Å². The Bertz CT molecular complexity index is 851. The number of pyridine rings is 1. The third kappa shape index (κ3) is 3.70. The summed E-state index contributed by atoms with van der Waals surface area (Å²) < 4.78 is 26.5. The molecule has 2 rings (SSSR count). The van der Waals surface area contributed by atoms with Crippen molar-refractivity contribution in [2.45, 2.75) is 11.4 Å². The first-order chi connectivity index (χ1) is 9.92. The molecule has 0 saturated carbocycles. The van der Waals surface area contributed by atoms with Gasteiger partial charge < -0.3 is 4.98 Å². The minimum Gasteiger partial charge on any atom is -0.326 e. The summed E-state index contributed by atoms with van der Waals surface area (Å²) in [7, 11) is -3.78. The monoisotopic (exact) mass is 323 g/mol. The highest BCUT2D eigenvalue weighted by atomic mass is 35.5. The normalized spacial score (nSPS) is 11.0. The molecule has 0 aliphatic carbocycles. The van der Waals surface area contributed by atoms with E-state index in [1.807, 2.05) is 6.07 Å². The second-order valence-electron chi connectivity index (χ2n) is 4.15. The SMILES string of the molecule is N#Cc1ccc(CNS(=O)(=O)c2c[nH]c(=O)c(Cl)c2)cc1. The van der Waals surface area contributed by atoms with E-state index in [0.29, 0.717) is 11.1 Å². The average molecular weight is 324 g/mol. The van der Waals surface area contributed by atoms with Crippen LogP contribution in [-0.4, -0.2) is 13.4 Å². The fourth-order valence-electron chi connectivity index (χ4n) is 1.55. The van der Waals surface area contributed by atoms with Crippen LogP contribution in [0.2, 0.25) is 5.02 Å². The summed E-state index contributed by atoms with van der Waals surface area (Å²) >= 11 is 5.60. The van der Waals surface area contributed by atoms with Crippen molar-refractivity contribution in [3.63, 3.8) is 0 Å². The van der Waals surface area contributed by atoms with Crippen LogP contribution in [0.25, 0.3) is 0 Å². The van der Waals surface area contributed by atoms with Crippen molar-refractivity contribution in [3.8, 4) is 6.07 Å². The largest absolute Gasteiger partial charge is 0.326 e. The first-order valence-electron chi connectivity index (χ1n) is 5.79. The van der Waals surface area contributed by atoms with Gasteiger partial charge in [-0.25, -0.2) is 13.1 Å². The van der Waals surface area contributed by atoms with Crippen molar-refractivity contribution < 1.29 is 8.42 Å². The second-order valence-corrected chi connectivity index (χ2v) is 6.32. The van der Waals surface area contributed by atoms with Gasteiger partial charge in [0.1, 0.15) is 5.02 Å². The van der Waals surface area contributed by atoms with Gasteiger partial charge in [0, 0.05) is 12.7 Å². The smallest absolute Gasteiger partial charge is 0.266 e. The lowest BCUT2D eigenvalue weighted by Crippen LogP contribution is -2.24. The Labute approximate surface area is 126 Å². The summed E-state index contributed by atoms with van der Waals surface area (Å²) in [5.74, 6) is 0. The van der Waals surface area contributed by atoms with Gasteiger partial charge in [0.05, 0.1) is 16.5 Å². The van der Waals surface area contributed by atoms with E-state index in [1.54, 1.807) is 24.3 Å². The van der Waals surface area contributed by atoms with Gasteiger partial charge in [0.15, 0.2) is 0 Å². The summed E-state index contributed by atoms with van der Waals surface area (Å²) in [6.45, 7) is 0.0603. The molecular weight excluding hydrogens is 314 g/mol. The van der Waals surface area contributed by atoms with Gasteiger partial charge in [0.25, 0.3) is 5.56 Å². The van der Waals surface area contributed by atoms with Gasteiger partial charge >= 0.3 is 0 Å². The highest BCUT2D eigenvalue weighted by Gasteiger charge is 2.15. The molecule has 0 bridgehead atoms. The van der Waals surface area contributed by atoms with E-state index in [2.05, 4.69) is 9.71 Å². The predicted molar refractivity (Wildman–Crippen MR) is 77.3 cm³/mol. The number of halogens is 1. The van der Waals surface area contributed by atoms with Crippen LogP contribution in [0.4, 0.5) is 0 Å². The molecule has 0 saturated heterocycles. The van der Waals surface area contributed by atoms with Gasteiger partial charge in [-0.15, -0.1) is 0 Å². The standard InChI is InChI=1S/C13H10ClN3O3S/c14-12-5-11(8-16-13(12)18)21(19,20)17-7-10-3-1-9(6-15)2-4-10/h1-5,8,17H,7H2,(H,16,18). The molecular formula is C13H10ClN3O3S. The van der Waals surface area contributed by atoms with Crippen molar-refractivity contribution in [1.29, 1.82) is 5.26 Å². The lowest BCUT2D eigenvalue weighted by molar-refractivity contribution is 0.581. The number of rotatable bonds is 4. The molecule has 1 aromatic heterocycles. The van der Waals surface area contributed by atoms with Crippen molar-refractivity contribution in [3.05, 3.63) is 63.0 Å². The van der Waals surface area contributed by atoms with E-state index < -0.39 is 15.6 Å². The van der Waals surface area contributed by atoms with Crippen LogP contribution in [0, 0.1) is 11.3 Å². The van der Waals surface area contributed by atoms with Crippen molar-refractivity contribution in [2.75, 3.05) is 0 Å². The van der Waals surface area contributed by atoms with Crippen molar-refractivity contribution in [1.82, 2.24) is 9.71 Å². The molecule has 0 unspecified atom stereocenters. The Balaban J connectivity index is 2.15. The molecule has 21 heavy (non-hydrogen) atoms. The highest BCUT2D eigenvalue weighted by molar-refractivity contribution is 7.89. The molecule has 0 atom stereocenters. The van der Waals surface area contributed by atoms with Gasteiger partial charge in [0.2, 0.25) is 10.0 Å². The van der Waals surface area contributed by atoms with E-state index in [9.17, 15) is 13.2 Å². The van der Waals surface area contributed by atoms with E-state index in [-0.39, 0.29) is 16.5 Å². The number of benzene rings is 1. The molecule has 0 aliphatic rings. The second kappa shape index (κ2) is 6.10. The maximum atomic E-state index is 12.0. The van der Waals surface area contributed by atoms with Crippen molar-refractivity contribution in [2.24, 2.45) is 0 Å². The Morgan fingerprint density at radius 1 is 1.29 bits per heavy atom. The number of nitrogens with one attached hydrogen (secondary N) is 2. The van der Waals surface area contributed by atoms with Crippen LogP contribution < -0.4 is 10.3 Å². The zero-order valence-corrected chi connectivity index (χ0v) is 12.2. The molecule has 0 aliphatic heterocycles. The van der Waals surface area contributed by atoms with Crippen LogP contribution in [0.3, 0.4) is 0 Å². The zero-order valence-electron chi connectivity index (χ0n) is 10.6.